The van der Waals surface area contributed by atoms with Gasteiger partial charge in [0.2, 0.25) is 0 Å². The van der Waals surface area contributed by atoms with E-state index in [1.54, 1.807) is 11.1 Å². The van der Waals surface area contributed by atoms with Crippen molar-refractivity contribution in [3.63, 3.8) is 0 Å². The second kappa shape index (κ2) is 1.38. The number of allylic oxidation sites excluding steroid dienone is 5. The van der Waals surface area contributed by atoms with Crippen LogP contribution in [0.25, 0.3) is 0 Å². The summed E-state index contributed by atoms with van der Waals surface area (Å²) in [6, 6.07) is 0. The Kier molecular flexibility index (Phi) is 0.774. The van der Waals surface area contributed by atoms with Crippen LogP contribution in [0.4, 0.5) is 0 Å². The van der Waals surface area contributed by atoms with Crippen molar-refractivity contribution >= 4 is 0 Å². The number of rotatable bonds is 1. The molecule has 0 aromatic carbocycles. The van der Waals surface area contributed by atoms with Crippen LogP contribution >= 0.6 is 0 Å². The van der Waals surface area contributed by atoms with E-state index in [0.717, 1.165) is 0 Å². The smallest absolute Gasteiger partial charge is 0.0195 e. The van der Waals surface area contributed by atoms with Gasteiger partial charge in [-0.2, -0.15) is 0 Å². The highest BCUT2D eigenvalue weighted by molar-refractivity contribution is 5.64. The average molecular weight is 118 g/mol. The van der Waals surface area contributed by atoms with Crippen LogP contribution in [-0.4, -0.2) is 0 Å². The molecular formula is C9H10. The van der Waals surface area contributed by atoms with Crippen molar-refractivity contribution in [3.05, 3.63) is 34.9 Å². The molecule has 9 heavy (non-hydrogen) atoms. The van der Waals surface area contributed by atoms with E-state index in [1.165, 1.54) is 24.0 Å². The van der Waals surface area contributed by atoms with Gasteiger partial charge in [0.15, 0.2) is 0 Å². The van der Waals surface area contributed by atoms with Crippen LogP contribution in [-0.2, 0) is 0 Å². The maximum atomic E-state index is 3.89. The summed E-state index contributed by atoms with van der Waals surface area (Å²) in [6.45, 7) is 5.97. The molecule has 0 radical (unpaired) electrons. The fourth-order valence-electron chi connectivity index (χ4n) is 1.43. The summed E-state index contributed by atoms with van der Waals surface area (Å²) in [6.07, 6.45) is 4.88. The van der Waals surface area contributed by atoms with E-state index in [2.05, 4.69) is 19.6 Å². The molecule has 0 heteroatoms. The molecule has 0 spiro atoms. The van der Waals surface area contributed by atoms with Crippen LogP contribution in [0.2, 0.25) is 0 Å². The zero-order valence-electron chi connectivity index (χ0n) is 5.70. The van der Waals surface area contributed by atoms with Gasteiger partial charge in [-0.25, -0.2) is 0 Å². The Morgan fingerprint density at radius 2 is 2.33 bits per heavy atom. The molecule has 2 aliphatic rings. The van der Waals surface area contributed by atoms with E-state index in [4.69, 9.17) is 0 Å². The Labute approximate surface area is 55.6 Å². The largest absolute Gasteiger partial charge is 0.0955 e. The summed E-state index contributed by atoms with van der Waals surface area (Å²) in [5.74, 6) is 0. The Bertz CT molecular complexity index is 239. The first-order valence-corrected chi connectivity index (χ1v) is 3.39. The molecule has 0 saturated carbocycles. The van der Waals surface area contributed by atoms with E-state index in [-0.39, 0.29) is 0 Å². The molecule has 0 N–H and O–H groups in total. The summed E-state index contributed by atoms with van der Waals surface area (Å²) < 4.78 is 0. The summed E-state index contributed by atoms with van der Waals surface area (Å²) in [5.41, 5.74) is 5.82. The zero-order chi connectivity index (χ0) is 6.43. The molecule has 0 unspecified atom stereocenters. The summed E-state index contributed by atoms with van der Waals surface area (Å²) >= 11 is 0. The number of hydrogen-bond donors (Lipinski definition) is 0. The van der Waals surface area contributed by atoms with E-state index in [1.807, 2.05) is 0 Å². The lowest BCUT2D eigenvalue weighted by Crippen LogP contribution is -2.14. The van der Waals surface area contributed by atoms with Gasteiger partial charge in [-0.05, 0) is 36.5 Å². The van der Waals surface area contributed by atoms with Gasteiger partial charge in [0.1, 0.15) is 0 Å². The van der Waals surface area contributed by atoms with Crippen molar-refractivity contribution in [1.29, 1.82) is 0 Å². The summed E-state index contributed by atoms with van der Waals surface area (Å²) in [5, 5.41) is 0. The lowest BCUT2D eigenvalue weighted by Gasteiger charge is -2.32. The summed E-state index contributed by atoms with van der Waals surface area (Å²) in [7, 11) is 0. The minimum absolute atomic E-state index is 1.23. The number of hydrogen-bond acceptors (Lipinski definition) is 0. The van der Waals surface area contributed by atoms with Crippen LogP contribution in [0.15, 0.2) is 34.9 Å². The second-order valence-corrected chi connectivity index (χ2v) is 2.84. The van der Waals surface area contributed by atoms with Crippen LogP contribution in [0.1, 0.15) is 19.8 Å². The van der Waals surface area contributed by atoms with Crippen molar-refractivity contribution in [2.75, 3.05) is 0 Å². The molecular weight excluding hydrogens is 108 g/mol. The van der Waals surface area contributed by atoms with Crippen molar-refractivity contribution in [2.24, 2.45) is 0 Å². The quantitative estimate of drug-likeness (QED) is 0.496. The monoisotopic (exact) mass is 118 g/mol. The standard InChI is InChI=1S/C9H10/c1-6(2)9-5-7-3-4-8(7)9/h5H,1,3-4H2,2H3. The Morgan fingerprint density at radius 1 is 1.56 bits per heavy atom. The van der Waals surface area contributed by atoms with Crippen LogP contribution in [0, 0.1) is 0 Å². The molecule has 0 aromatic heterocycles. The van der Waals surface area contributed by atoms with Gasteiger partial charge >= 0.3 is 0 Å². The van der Waals surface area contributed by atoms with E-state index in [9.17, 15) is 0 Å². The minimum atomic E-state index is 1.23. The minimum Gasteiger partial charge on any atom is -0.0955 e. The SMILES string of the molecule is C=C(C)C1=CC2=C1CC2. The van der Waals surface area contributed by atoms with Crippen molar-refractivity contribution in [3.8, 4) is 0 Å². The second-order valence-electron chi connectivity index (χ2n) is 2.84. The molecule has 2 rings (SSSR count). The Hall–Kier alpha value is -0.780. The van der Waals surface area contributed by atoms with Gasteiger partial charge in [0.05, 0.1) is 0 Å². The Balaban J connectivity index is 2.23. The molecule has 2 aliphatic carbocycles. The first kappa shape index (κ1) is 5.04. The normalized spacial score (nSPS) is 21.7. The molecule has 0 atom stereocenters. The third-order valence-electron chi connectivity index (χ3n) is 2.14. The molecule has 0 bridgehead atoms. The highest BCUT2D eigenvalue weighted by Crippen LogP contribution is 2.45. The summed E-state index contributed by atoms with van der Waals surface area (Å²) in [4.78, 5) is 0. The molecule has 46 valence electrons. The molecule has 0 fully saturated rings. The zero-order valence-corrected chi connectivity index (χ0v) is 5.70. The maximum absolute atomic E-state index is 3.89. The van der Waals surface area contributed by atoms with Gasteiger partial charge in [-0.15, -0.1) is 0 Å². The molecule has 0 aromatic rings. The van der Waals surface area contributed by atoms with E-state index < -0.39 is 0 Å². The predicted octanol–water partition coefficient (Wildman–Crippen LogP) is 2.59. The van der Waals surface area contributed by atoms with Gasteiger partial charge in [-0.3, -0.25) is 0 Å². The predicted molar refractivity (Wildman–Crippen MR) is 39.2 cm³/mol. The van der Waals surface area contributed by atoms with Crippen molar-refractivity contribution < 1.29 is 0 Å². The van der Waals surface area contributed by atoms with Crippen molar-refractivity contribution in [1.82, 2.24) is 0 Å². The molecule has 0 amide bonds. The molecule has 0 saturated heterocycles. The molecule has 0 aliphatic heterocycles. The van der Waals surface area contributed by atoms with Crippen molar-refractivity contribution in [2.45, 2.75) is 19.8 Å². The highest BCUT2D eigenvalue weighted by atomic mass is 14.3. The van der Waals surface area contributed by atoms with E-state index in [0.29, 0.717) is 0 Å². The lowest BCUT2D eigenvalue weighted by atomic mass is 9.72. The third-order valence-corrected chi connectivity index (χ3v) is 2.14. The maximum Gasteiger partial charge on any atom is -0.0195 e. The van der Waals surface area contributed by atoms with Crippen LogP contribution < -0.4 is 0 Å². The molecule has 0 nitrogen and oxygen atoms in total. The first-order chi connectivity index (χ1) is 4.29. The topological polar surface area (TPSA) is 0 Å². The van der Waals surface area contributed by atoms with Crippen LogP contribution in [0.5, 0.6) is 0 Å². The van der Waals surface area contributed by atoms with E-state index >= 15 is 0 Å². The lowest BCUT2D eigenvalue weighted by molar-refractivity contribution is 0.802. The van der Waals surface area contributed by atoms with Gasteiger partial charge in [0.25, 0.3) is 0 Å². The molecule has 0 heterocycles. The van der Waals surface area contributed by atoms with Crippen LogP contribution in [0.3, 0.4) is 0 Å². The fraction of sp³-hybridized carbons (Fsp3) is 0.333. The first-order valence-electron chi connectivity index (χ1n) is 3.39. The average Bonchev–Trinajstić information content (AvgIpc) is 1.76. The van der Waals surface area contributed by atoms with Gasteiger partial charge < -0.3 is 0 Å². The van der Waals surface area contributed by atoms with Gasteiger partial charge in [-0.1, -0.05) is 18.2 Å². The highest BCUT2D eigenvalue weighted by Gasteiger charge is 2.26. The third kappa shape index (κ3) is 0.481. The fourth-order valence-corrected chi connectivity index (χ4v) is 1.43. The Morgan fingerprint density at radius 3 is 2.44 bits per heavy atom. The van der Waals surface area contributed by atoms with Gasteiger partial charge in [0, 0.05) is 0 Å².